The third-order valence-corrected chi connectivity index (χ3v) is 6.38. The van der Waals surface area contributed by atoms with Gasteiger partial charge in [0, 0.05) is 29.7 Å². The number of aromatic nitrogens is 4. The highest BCUT2D eigenvalue weighted by molar-refractivity contribution is 6.02. The van der Waals surface area contributed by atoms with Crippen LogP contribution in [-0.2, 0) is 4.79 Å². The number of nitrogens with one attached hydrogen (secondary N) is 1. The third-order valence-electron chi connectivity index (χ3n) is 6.38. The van der Waals surface area contributed by atoms with E-state index < -0.39 is 0 Å². The quantitative estimate of drug-likeness (QED) is 0.437. The lowest BCUT2D eigenvalue weighted by molar-refractivity contribution is -0.117. The zero-order chi connectivity index (χ0) is 24.2. The molecule has 0 spiro atoms. The van der Waals surface area contributed by atoms with E-state index in [1.54, 1.807) is 19.0 Å². The lowest BCUT2D eigenvalue weighted by atomic mass is 10.1. The van der Waals surface area contributed by atoms with E-state index in [1.165, 1.54) is 0 Å². The van der Waals surface area contributed by atoms with Gasteiger partial charge in [0.05, 0.1) is 26.8 Å². The highest BCUT2D eigenvalue weighted by atomic mass is 16.5. The normalized spacial score (nSPS) is 14.7. The Hall–Kier alpha value is -3.98. The maximum atomic E-state index is 12.7. The molecule has 9 nitrogen and oxygen atoms in total. The molecule has 1 aliphatic rings. The molecule has 0 aliphatic carbocycles. The predicted molar refractivity (Wildman–Crippen MR) is 134 cm³/mol. The molecule has 5 rings (SSSR count). The van der Waals surface area contributed by atoms with E-state index in [-0.39, 0.29) is 11.9 Å². The monoisotopic (exact) mass is 472 g/mol. The van der Waals surface area contributed by atoms with Crippen molar-refractivity contribution in [3.05, 3.63) is 60.7 Å². The van der Waals surface area contributed by atoms with Crippen molar-refractivity contribution in [1.29, 1.82) is 0 Å². The zero-order valence-electron chi connectivity index (χ0n) is 19.8. The summed E-state index contributed by atoms with van der Waals surface area (Å²) >= 11 is 0. The summed E-state index contributed by atoms with van der Waals surface area (Å²) in [6.07, 6.45) is 1.70. The molecule has 1 amide bonds. The number of carbonyl (C=O) groups is 1. The van der Waals surface area contributed by atoms with Crippen molar-refractivity contribution in [2.24, 2.45) is 0 Å². The van der Waals surface area contributed by atoms with E-state index in [4.69, 9.17) is 9.47 Å². The fourth-order valence-corrected chi connectivity index (χ4v) is 4.51. The van der Waals surface area contributed by atoms with E-state index in [1.807, 2.05) is 60.7 Å². The summed E-state index contributed by atoms with van der Waals surface area (Å²) in [5.74, 6) is 1.81. The number of benzene rings is 3. The minimum Gasteiger partial charge on any atom is -0.493 e. The number of anilines is 1. The average molecular weight is 473 g/mol. The van der Waals surface area contributed by atoms with Crippen molar-refractivity contribution in [2.45, 2.75) is 18.9 Å². The first-order valence-corrected chi connectivity index (χ1v) is 11.7. The minimum atomic E-state index is -0.00516. The van der Waals surface area contributed by atoms with Crippen molar-refractivity contribution in [2.75, 3.05) is 39.2 Å². The Morgan fingerprint density at radius 3 is 2.57 bits per heavy atom. The van der Waals surface area contributed by atoms with E-state index in [2.05, 4.69) is 25.6 Å². The van der Waals surface area contributed by atoms with E-state index in [0.717, 1.165) is 48.0 Å². The Bertz CT molecular complexity index is 1320. The van der Waals surface area contributed by atoms with Gasteiger partial charge in [-0.3, -0.25) is 9.69 Å². The molecule has 3 aromatic carbocycles. The second-order valence-electron chi connectivity index (χ2n) is 8.59. The molecule has 4 aromatic rings. The summed E-state index contributed by atoms with van der Waals surface area (Å²) in [6, 6.07) is 19.7. The van der Waals surface area contributed by atoms with Gasteiger partial charge in [-0.05, 0) is 47.7 Å². The number of fused-ring (bicyclic) bond motifs is 1. The number of amides is 1. The lowest BCUT2D eigenvalue weighted by Gasteiger charge is -2.30. The van der Waals surface area contributed by atoms with E-state index in [0.29, 0.717) is 23.9 Å². The van der Waals surface area contributed by atoms with Gasteiger partial charge in [0.1, 0.15) is 0 Å². The number of hydrogen-bond donors (Lipinski definition) is 1. The van der Waals surface area contributed by atoms with Crippen LogP contribution in [0.5, 0.6) is 11.5 Å². The average Bonchev–Trinajstić information content (AvgIpc) is 3.39. The van der Waals surface area contributed by atoms with Crippen LogP contribution in [0.15, 0.2) is 60.7 Å². The highest BCUT2D eigenvalue weighted by Gasteiger charge is 2.24. The highest BCUT2D eigenvalue weighted by Crippen LogP contribution is 2.31. The molecule has 0 radical (unpaired) electrons. The number of hydrogen-bond acceptors (Lipinski definition) is 7. The second-order valence-corrected chi connectivity index (χ2v) is 8.59. The van der Waals surface area contributed by atoms with Gasteiger partial charge in [-0.2, -0.15) is 4.80 Å². The van der Waals surface area contributed by atoms with Crippen LogP contribution in [0.3, 0.4) is 0 Å². The zero-order valence-corrected chi connectivity index (χ0v) is 19.8. The van der Waals surface area contributed by atoms with Crippen molar-refractivity contribution in [3.8, 4) is 22.9 Å². The molecule has 0 bridgehead atoms. The molecule has 180 valence electrons. The number of piperidine rings is 1. The number of methoxy groups -OCH3 is 2. The molecule has 35 heavy (non-hydrogen) atoms. The van der Waals surface area contributed by atoms with E-state index in [9.17, 15) is 4.79 Å². The van der Waals surface area contributed by atoms with E-state index >= 15 is 0 Å². The number of carbonyl (C=O) groups excluding carboxylic acids is 1. The smallest absolute Gasteiger partial charge is 0.238 e. The molecule has 1 fully saturated rings. The minimum absolute atomic E-state index is 0.00516. The summed E-state index contributed by atoms with van der Waals surface area (Å²) in [5, 5.41) is 18.4. The van der Waals surface area contributed by atoms with Crippen LogP contribution in [0.4, 0.5) is 5.69 Å². The molecule has 0 atom stereocenters. The van der Waals surface area contributed by atoms with Crippen molar-refractivity contribution >= 4 is 22.4 Å². The van der Waals surface area contributed by atoms with Crippen LogP contribution in [0, 0.1) is 0 Å². The molecule has 1 saturated heterocycles. The summed E-state index contributed by atoms with van der Waals surface area (Å²) in [4.78, 5) is 16.6. The molecule has 2 heterocycles. The van der Waals surface area contributed by atoms with Crippen LogP contribution in [-0.4, -0.2) is 64.9 Å². The maximum absolute atomic E-state index is 12.7. The molecule has 1 aliphatic heterocycles. The van der Waals surface area contributed by atoms with Gasteiger partial charge in [0.2, 0.25) is 11.7 Å². The first kappa shape index (κ1) is 22.8. The van der Waals surface area contributed by atoms with Crippen molar-refractivity contribution < 1.29 is 14.3 Å². The molecular formula is C26H28N6O3. The molecule has 9 heteroatoms. The molecule has 0 unspecified atom stereocenters. The Morgan fingerprint density at radius 1 is 1.00 bits per heavy atom. The first-order valence-electron chi connectivity index (χ1n) is 11.7. The SMILES string of the molecule is COc1ccc(-c2nnn(C3CCN(CC(=O)Nc4cccc5ccccc45)CC3)n2)cc1OC. The third kappa shape index (κ3) is 4.95. The lowest BCUT2D eigenvalue weighted by Crippen LogP contribution is -2.40. The standard InChI is InChI=1S/C26H28N6O3/c1-34-23-11-10-19(16-24(23)35-2)26-28-30-32(29-26)20-12-14-31(15-13-20)17-25(33)27-22-9-5-7-18-6-3-4-8-21(18)22/h3-11,16,20H,12-15,17H2,1-2H3,(H,27,33). The number of rotatable bonds is 7. The molecule has 1 aromatic heterocycles. The summed E-state index contributed by atoms with van der Waals surface area (Å²) in [7, 11) is 3.20. The van der Waals surface area contributed by atoms with Crippen LogP contribution in [0.2, 0.25) is 0 Å². The summed E-state index contributed by atoms with van der Waals surface area (Å²) < 4.78 is 10.7. The van der Waals surface area contributed by atoms with Gasteiger partial charge in [0.25, 0.3) is 0 Å². The van der Waals surface area contributed by atoms with Crippen LogP contribution < -0.4 is 14.8 Å². The van der Waals surface area contributed by atoms with Gasteiger partial charge in [0.15, 0.2) is 11.5 Å². The summed E-state index contributed by atoms with van der Waals surface area (Å²) in [6.45, 7) is 1.94. The Morgan fingerprint density at radius 2 is 1.77 bits per heavy atom. The molecular weight excluding hydrogens is 444 g/mol. The van der Waals surface area contributed by atoms with Crippen LogP contribution in [0.1, 0.15) is 18.9 Å². The predicted octanol–water partition coefficient (Wildman–Crippen LogP) is 3.79. The van der Waals surface area contributed by atoms with Crippen molar-refractivity contribution in [1.82, 2.24) is 25.1 Å². The Labute approximate surface area is 203 Å². The summed E-state index contributed by atoms with van der Waals surface area (Å²) in [5.41, 5.74) is 1.66. The topological polar surface area (TPSA) is 94.4 Å². The van der Waals surface area contributed by atoms with Crippen LogP contribution in [0.25, 0.3) is 22.2 Å². The van der Waals surface area contributed by atoms with Gasteiger partial charge >= 0.3 is 0 Å². The van der Waals surface area contributed by atoms with Gasteiger partial charge < -0.3 is 14.8 Å². The Balaban J connectivity index is 1.17. The van der Waals surface area contributed by atoms with Gasteiger partial charge in [-0.25, -0.2) is 0 Å². The molecule has 0 saturated carbocycles. The van der Waals surface area contributed by atoms with Gasteiger partial charge in [-0.1, -0.05) is 36.4 Å². The maximum Gasteiger partial charge on any atom is 0.238 e. The number of likely N-dealkylation sites (tertiary alicyclic amines) is 1. The number of tetrazole rings is 1. The number of nitrogens with zero attached hydrogens (tertiary/aromatic N) is 5. The van der Waals surface area contributed by atoms with Crippen molar-refractivity contribution in [3.63, 3.8) is 0 Å². The largest absolute Gasteiger partial charge is 0.493 e. The second kappa shape index (κ2) is 10.1. The molecule has 1 N–H and O–H groups in total. The van der Waals surface area contributed by atoms with Gasteiger partial charge in [-0.15, -0.1) is 10.2 Å². The first-order chi connectivity index (χ1) is 17.1. The fraction of sp³-hybridized carbons (Fsp3) is 0.308. The number of ether oxygens (including phenoxy) is 2. The Kier molecular flexibility index (Phi) is 6.58. The fourth-order valence-electron chi connectivity index (χ4n) is 4.51. The van der Waals surface area contributed by atoms with Crippen LogP contribution >= 0.6 is 0 Å².